The lowest BCUT2D eigenvalue weighted by atomic mass is 10.5. The highest BCUT2D eigenvalue weighted by molar-refractivity contribution is 9.10. The molecule has 0 atom stereocenters. The Balaban J connectivity index is 1.88. The molecule has 2 N–H and O–H groups in total. The molecule has 7 nitrogen and oxygen atoms in total. The number of nitrogens with one attached hydrogen (secondary N) is 2. The van der Waals surface area contributed by atoms with Crippen LogP contribution in [0.5, 0.6) is 0 Å². The summed E-state index contributed by atoms with van der Waals surface area (Å²) in [5, 5.41) is 10.1. The number of amides is 2. The quantitative estimate of drug-likeness (QED) is 0.827. The number of pyridine rings is 1. The van der Waals surface area contributed by atoms with Gasteiger partial charge in [-0.1, -0.05) is 0 Å². The number of carbonyl (C=O) groups excluding carboxylic acids is 1. The molecule has 0 unspecified atom stereocenters. The molecule has 0 aromatic carbocycles. The monoisotopic (exact) mass is 326 g/mol. The number of aromatic nitrogens is 3. The van der Waals surface area contributed by atoms with Gasteiger partial charge in [0.25, 0.3) is 0 Å². The average Bonchev–Trinajstić information content (AvgIpc) is 2.78. The van der Waals surface area contributed by atoms with Gasteiger partial charge in [0.1, 0.15) is 0 Å². The van der Waals surface area contributed by atoms with Crippen molar-refractivity contribution < 1.29 is 4.79 Å². The van der Waals surface area contributed by atoms with Crippen LogP contribution in [-0.4, -0.2) is 52.7 Å². The molecule has 2 amide bonds. The van der Waals surface area contributed by atoms with Crippen molar-refractivity contribution in [1.82, 2.24) is 24.8 Å². The molecule has 2 rings (SSSR count). The molecular weight excluding hydrogens is 312 g/mol. The summed E-state index contributed by atoms with van der Waals surface area (Å²) in [5.41, 5.74) is 0.752. The van der Waals surface area contributed by atoms with Crippen LogP contribution in [0.2, 0.25) is 0 Å². The summed E-state index contributed by atoms with van der Waals surface area (Å²) < 4.78 is 2.57. The topological polar surface area (TPSA) is 74.6 Å². The molecule has 2 aromatic rings. The number of rotatable bonds is 4. The minimum absolute atomic E-state index is 0.118. The minimum atomic E-state index is -0.118. The van der Waals surface area contributed by atoms with Gasteiger partial charge in [-0.25, -0.2) is 9.31 Å². The molecule has 0 saturated carbocycles. The largest absolute Gasteiger partial charge is 0.351 e. The maximum atomic E-state index is 11.3. The standard InChI is InChI=1S/C11H15BrN6O/c1-17(2)11(19)14-6-5-13-10-15-9-8(12)4-3-7-18(9)16-10/h3-4,7H,5-6H2,1-2H3,(H,13,16)(H,14,19). The van der Waals surface area contributed by atoms with E-state index in [1.54, 1.807) is 18.6 Å². The molecule has 0 aliphatic heterocycles. The van der Waals surface area contributed by atoms with Crippen molar-refractivity contribution in [2.45, 2.75) is 0 Å². The molecule has 0 spiro atoms. The number of anilines is 1. The smallest absolute Gasteiger partial charge is 0.316 e. The van der Waals surface area contributed by atoms with E-state index >= 15 is 0 Å². The SMILES string of the molecule is CN(C)C(=O)NCCNc1nc2c(Br)cccn2n1. The van der Waals surface area contributed by atoms with Crippen LogP contribution in [0, 0.1) is 0 Å². The van der Waals surface area contributed by atoms with Crippen molar-refractivity contribution in [3.05, 3.63) is 22.8 Å². The highest BCUT2D eigenvalue weighted by atomic mass is 79.9. The van der Waals surface area contributed by atoms with E-state index in [9.17, 15) is 4.79 Å². The van der Waals surface area contributed by atoms with Gasteiger partial charge in [0.2, 0.25) is 5.95 Å². The Morgan fingerprint density at radius 2 is 2.26 bits per heavy atom. The first-order valence-electron chi connectivity index (χ1n) is 5.78. The van der Waals surface area contributed by atoms with E-state index in [0.29, 0.717) is 19.0 Å². The number of hydrogen-bond donors (Lipinski definition) is 2. The zero-order valence-electron chi connectivity index (χ0n) is 10.7. The summed E-state index contributed by atoms with van der Waals surface area (Å²) >= 11 is 3.41. The van der Waals surface area contributed by atoms with Crippen LogP contribution >= 0.6 is 15.9 Å². The van der Waals surface area contributed by atoms with Gasteiger partial charge in [0.05, 0.1) is 4.47 Å². The normalized spacial score (nSPS) is 10.5. The number of urea groups is 1. The highest BCUT2D eigenvalue weighted by Gasteiger charge is 2.06. The molecule has 0 aliphatic carbocycles. The molecule has 102 valence electrons. The van der Waals surface area contributed by atoms with Crippen molar-refractivity contribution in [3.63, 3.8) is 0 Å². The van der Waals surface area contributed by atoms with E-state index in [1.807, 2.05) is 18.3 Å². The third-order valence-corrected chi connectivity index (χ3v) is 3.02. The van der Waals surface area contributed by atoms with Crippen LogP contribution < -0.4 is 10.6 Å². The molecule has 2 heterocycles. The van der Waals surface area contributed by atoms with Crippen molar-refractivity contribution in [3.8, 4) is 0 Å². The Morgan fingerprint density at radius 1 is 1.47 bits per heavy atom. The van der Waals surface area contributed by atoms with Gasteiger partial charge >= 0.3 is 6.03 Å². The fourth-order valence-corrected chi connectivity index (χ4v) is 1.87. The number of hydrogen-bond acceptors (Lipinski definition) is 4. The van der Waals surface area contributed by atoms with Gasteiger partial charge in [0.15, 0.2) is 5.65 Å². The van der Waals surface area contributed by atoms with Gasteiger partial charge in [-0.15, -0.1) is 5.10 Å². The van der Waals surface area contributed by atoms with Crippen LogP contribution in [0.25, 0.3) is 5.65 Å². The Hall–Kier alpha value is -1.83. The molecule has 0 saturated heterocycles. The zero-order chi connectivity index (χ0) is 13.8. The molecule has 19 heavy (non-hydrogen) atoms. The Morgan fingerprint density at radius 3 is 2.95 bits per heavy atom. The Labute approximate surface area is 119 Å². The highest BCUT2D eigenvalue weighted by Crippen LogP contribution is 2.16. The maximum absolute atomic E-state index is 11.3. The summed E-state index contributed by atoms with van der Waals surface area (Å²) in [6.45, 7) is 1.07. The third-order valence-electron chi connectivity index (χ3n) is 2.41. The summed E-state index contributed by atoms with van der Waals surface area (Å²) in [6.07, 6.45) is 1.83. The lowest BCUT2D eigenvalue weighted by molar-refractivity contribution is 0.218. The van der Waals surface area contributed by atoms with Crippen LogP contribution in [0.4, 0.5) is 10.7 Å². The first-order chi connectivity index (χ1) is 9.08. The van der Waals surface area contributed by atoms with Crippen LogP contribution in [0.15, 0.2) is 22.8 Å². The van der Waals surface area contributed by atoms with E-state index in [1.165, 1.54) is 4.90 Å². The summed E-state index contributed by atoms with van der Waals surface area (Å²) in [7, 11) is 3.40. The van der Waals surface area contributed by atoms with Gasteiger partial charge in [-0.3, -0.25) is 0 Å². The first-order valence-corrected chi connectivity index (χ1v) is 6.57. The van der Waals surface area contributed by atoms with E-state index in [4.69, 9.17) is 0 Å². The molecule has 2 aromatic heterocycles. The average molecular weight is 327 g/mol. The second-order valence-electron chi connectivity index (χ2n) is 4.11. The number of carbonyl (C=O) groups is 1. The van der Waals surface area contributed by atoms with E-state index in [-0.39, 0.29) is 6.03 Å². The first kappa shape index (κ1) is 13.6. The number of halogens is 1. The van der Waals surface area contributed by atoms with Crippen molar-refractivity contribution >= 4 is 33.6 Å². The van der Waals surface area contributed by atoms with Crippen molar-refractivity contribution in [1.29, 1.82) is 0 Å². The molecule has 0 aliphatic rings. The zero-order valence-corrected chi connectivity index (χ0v) is 12.3. The molecule has 8 heteroatoms. The third kappa shape index (κ3) is 3.34. The van der Waals surface area contributed by atoms with E-state index in [0.717, 1.165) is 10.1 Å². The summed E-state index contributed by atoms with van der Waals surface area (Å²) in [4.78, 5) is 17.1. The van der Waals surface area contributed by atoms with Gasteiger partial charge < -0.3 is 15.5 Å². The van der Waals surface area contributed by atoms with Crippen LogP contribution in [-0.2, 0) is 0 Å². The predicted molar refractivity (Wildman–Crippen MR) is 76.3 cm³/mol. The fourth-order valence-electron chi connectivity index (χ4n) is 1.45. The lowest BCUT2D eigenvalue weighted by Gasteiger charge is -2.11. The van der Waals surface area contributed by atoms with Crippen LogP contribution in [0.3, 0.4) is 0 Å². The second kappa shape index (κ2) is 5.87. The number of fused-ring (bicyclic) bond motifs is 1. The van der Waals surface area contributed by atoms with Crippen LogP contribution in [0.1, 0.15) is 0 Å². The summed E-state index contributed by atoms with van der Waals surface area (Å²) in [6, 6.07) is 3.67. The Bertz CT molecular complexity index is 582. The fraction of sp³-hybridized carbons (Fsp3) is 0.364. The maximum Gasteiger partial charge on any atom is 0.316 e. The van der Waals surface area contributed by atoms with Gasteiger partial charge in [0, 0.05) is 33.4 Å². The second-order valence-corrected chi connectivity index (χ2v) is 4.97. The lowest BCUT2D eigenvalue weighted by Crippen LogP contribution is -2.37. The molecular formula is C11H15BrN6O. The molecule has 0 radical (unpaired) electrons. The van der Waals surface area contributed by atoms with Gasteiger partial charge in [-0.2, -0.15) is 4.98 Å². The Kier molecular flexibility index (Phi) is 4.20. The van der Waals surface area contributed by atoms with Crippen molar-refractivity contribution in [2.75, 3.05) is 32.5 Å². The van der Waals surface area contributed by atoms with Gasteiger partial charge in [-0.05, 0) is 28.1 Å². The predicted octanol–water partition coefficient (Wildman–Crippen LogP) is 1.17. The molecule has 0 bridgehead atoms. The molecule has 0 fully saturated rings. The van der Waals surface area contributed by atoms with E-state index < -0.39 is 0 Å². The minimum Gasteiger partial charge on any atom is -0.351 e. The van der Waals surface area contributed by atoms with E-state index in [2.05, 4.69) is 36.6 Å². The van der Waals surface area contributed by atoms with Crippen molar-refractivity contribution in [2.24, 2.45) is 0 Å². The summed E-state index contributed by atoms with van der Waals surface area (Å²) in [5.74, 6) is 0.533. The number of nitrogens with zero attached hydrogens (tertiary/aromatic N) is 4.